The average molecular weight is 232 g/mol. The zero-order valence-electron chi connectivity index (χ0n) is 10.7. The lowest BCUT2D eigenvalue weighted by Crippen LogP contribution is -2.13. The molecule has 1 amide bonds. The highest BCUT2D eigenvalue weighted by Gasteiger charge is 1.94. The van der Waals surface area contributed by atoms with Gasteiger partial charge in [-0.2, -0.15) is 0 Å². The predicted molar refractivity (Wildman–Crippen MR) is 68.5 cm³/mol. The van der Waals surface area contributed by atoms with E-state index in [2.05, 4.69) is 19.6 Å². The molecule has 0 aromatic carbocycles. The van der Waals surface area contributed by atoms with Gasteiger partial charge in [0.05, 0.1) is 0 Å². The molecular weight excluding hydrogens is 204 g/mol. The summed E-state index contributed by atoms with van der Waals surface area (Å²) in [4.78, 5) is 8.78. The van der Waals surface area contributed by atoms with Crippen LogP contribution in [0.4, 0.5) is 4.79 Å². The fraction of sp³-hybridized carbons (Fsp3) is 0.917. The first-order valence-electron chi connectivity index (χ1n) is 6.24. The minimum atomic E-state index is -1.33. The molecule has 98 valence electrons. The van der Waals surface area contributed by atoms with Crippen molar-refractivity contribution in [3.8, 4) is 0 Å². The Balaban J connectivity index is 0. The molecule has 0 heterocycles. The van der Waals surface area contributed by atoms with Crippen LogP contribution in [0.1, 0.15) is 65.2 Å². The lowest BCUT2D eigenvalue weighted by molar-refractivity contribution is 0.205. The van der Waals surface area contributed by atoms with Crippen LogP contribution in [0.3, 0.4) is 0 Å². The molecule has 0 spiro atoms. The van der Waals surface area contributed by atoms with Gasteiger partial charge in [-0.25, -0.2) is 4.79 Å². The molecule has 0 aromatic heterocycles. The molecule has 4 heteroatoms. The second-order valence-electron chi connectivity index (χ2n) is 4.23. The molecule has 0 saturated carbocycles. The van der Waals surface area contributed by atoms with Gasteiger partial charge in [-0.15, -0.1) is 0 Å². The molecule has 0 radical (unpaired) electrons. The topological polar surface area (TPSA) is 89.3 Å². The van der Waals surface area contributed by atoms with Crippen molar-refractivity contribution in [3.05, 3.63) is 0 Å². The second-order valence-corrected chi connectivity index (χ2v) is 4.23. The van der Waals surface area contributed by atoms with Crippen LogP contribution in [0.2, 0.25) is 0 Å². The van der Waals surface area contributed by atoms with Crippen LogP contribution < -0.4 is 11.5 Å². The maximum atomic E-state index is 8.78. The Kier molecular flexibility index (Phi) is 15.7. The van der Waals surface area contributed by atoms with E-state index in [9.17, 15) is 0 Å². The second kappa shape index (κ2) is 14.2. The van der Waals surface area contributed by atoms with Gasteiger partial charge in [-0.3, -0.25) is 0 Å². The third kappa shape index (κ3) is 29.2. The van der Waals surface area contributed by atoms with Gasteiger partial charge in [-0.1, -0.05) is 51.9 Å². The minimum absolute atomic E-state index is 0.403. The van der Waals surface area contributed by atoms with Crippen molar-refractivity contribution in [1.29, 1.82) is 0 Å². The summed E-state index contributed by atoms with van der Waals surface area (Å²) in [5.74, 6) is 0. The Labute approximate surface area is 99.4 Å². The van der Waals surface area contributed by atoms with Crippen LogP contribution in [-0.2, 0) is 0 Å². The van der Waals surface area contributed by atoms with Gasteiger partial charge in [0.15, 0.2) is 0 Å². The molecule has 16 heavy (non-hydrogen) atoms. The van der Waals surface area contributed by atoms with Crippen molar-refractivity contribution in [1.82, 2.24) is 0 Å². The Morgan fingerprint density at radius 3 is 1.88 bits per heavy atom. The number of primary amides is 1. The largest absolute Gasteiger partial charge is 0.465 e. The van der Waals surface area contributed by atoms with Gasteiger partial charge < -0.3 is 16.6 Å². The number of carboxylic acid groups (broad SMARTS) is 1. The molecule has 1 atom stereocenters. The molecule has 0 aliphatic carbocycles. The predicted octanol–water partition coefficient (Wildman–Crippen LogP) is 3.10. The summed E-state index contributed by atoms with van der Waals surface area (Å²) in [7, 11) is 0. The highest BCUT2D eigenvalue weighted by molar-refractivity contribution is 5.61. The molecule has 0 aromatic rings. The third-order valence-corrected chi connectivity index (χ3v) is 2.26. The Bertz CT molecular complexity index is 146. The van der Waals surface area contributed by atoms with Crippen molar-refractivity contribution in [2.24, 2.45) is 11.5 Å². The number of hydrogen-bond acceptors (Lipinski definition) is 2. The first-order valence-corrected chi connectivity index (χ1v) is 6.24. The summed E-state index contributed by atoms with van der Waals surface area (Å²) in [5, 5.41) is 7.19. The fourth-order valence-electron chi connectivity index (χ4n) is 1.42. The zero-order valence-corrected chi connectivity index (χ0v) is 10.7. The summed E-state index contributed by atoms with van der Waals surface area (Å²) < 4.78 is 0. The van der Waals surface area contributed by atoms with Gasteiger partial charge in [0, 0.05) is 6.04 Å². The molecule has 0 saturated heterocycles. The number of rotatable bonds is 8. The summed E-state index contributed by atoms with van der Waals surface area (Å²) >= 11 is 0. The van der Waals surface area contributed by atoms with Gasteiger partial charge in [-0.05, 0) is 13.3 Å². The average Bonchev–Trinajstić information content (AvgIpc) is 2.15. The molecule has 1 unspecified atom stereocenters. The van der Waals surface area contributed by atoms with Crippen molar-refractivity contribution in [3.63, 3.8) is 0 Å². The smallest absolute Gasteiger partial charge is 0.402 e. The summed E-state index contributed by atoms with van der Waals surface area (Å²) in [6.45, 7) is 4.35. The van der Waals surface area contributed by atoms with E-state index in [0.717, 1.165) is 0 Å². The van der Waals surface area contributed by atoms with Crippen molar-refractivity contribution in [2.45, 2.75) is 71.3 Å². The number of amides is 1. The molecule has 0 aliphatic heterocycles. The highest BCUT2D eigenvalue weighted by Crippen LogP contribution is 2.08. The van der Waals surface area contributed by atoms with E-state index in [-0.39, 0.29) is 0 Å². The first-order chi connectivity index (χ1) is 7.50. The van der Waals surface area contributed by atoms with E-state index in [4.69, 9.17) is 15.6 Å². The third-order valence-electron chi connectivity index (χ3n) is 2.26. The summed E-state index contributed by atoms with van der Waals surface area (Å²) in [5.41, 5.74) is 9.68. The summed E-state index contributed by atoms with van der Waals surface area (Å²) in [6.07, 6.45) is 9.59. The maximum Gasteiger partial charge on any atom is 0.402 e. The van der Waals surface area contributed by atoms with Crippen LogP contribution in [0.15, 0.2) is 0 Å². The highest BCUT2D eigenvalue weighted by atomic mass is 16.4. The van der Waals surface area contributed by atoms with E-state index in [0.29, 0.717) is 6.04 Å². The van der Waals surface area contributed by atoms with Gasteiger partial charge in [0.25, 0.3) is 0 Å². The van der Waals surface area contributed by atoms with E-state index in [1.165, 1.54) is 51.4 Å². The Hall–Kier alpha value is -0.770. The summed E-state index contributed by atoms with van der Waals surface area (Å²) in [6, 6.07) is 0.403. The quantitative estimate of drug-likeness (QED) is 0.562. The monoisotopic (exact) mass is 232 g/mol. The maximum absolute atomic E-state index is 8.78. The van der Waals surface area contributed by atoms with Crippen LogP contribution in [0.5, 0.6) is 0 Å². The fourth-order valence-corrected chi connectivity index (χ4v) is 1.42. The molecule has 4 nitrogen and oxygen atoms in total. The van der Waals surface area contributed by atoms with Crippen molar-refractivity contribution < 1.29 is 9.90 Å². The van der Waals surface area contributed by atoms with Crippen LogP contribution in [0.25, 0.3) is 0 Å². The van der Waals surface area contributed by atoms with Crippen molar-refractivity contribution in [2.75, 3.05) is 0 Å². The first kappa shape index (κ1) is 17.6. The number of nitrogens with two attached hydrogens (primary N) is 2. The molecular formula is C12H28N2O2. The Morgan fingerprint density at radius 2 is 1.50 bits per heavy atom. The Morgan fingerprint density at radius 1 is 1.12 bits per heavy atom. The van der Waals surface area contributed by atoms with E-state index >= 15 is 0 Å². The van der Waals surface area contributed by atoms with Crippen LogP contribution in [-0.4, -0.2) is 17.2 Å². The standard InChI is InChI=1S/C11H25N.CH3NO2/c1-3-4-5-6-7-8-9-10-11(2)12;2-1(3)4/h11H,3-10,12H2,1-2H3;2H2,(H,3,4). The molecule has 0 rings (SSSR count). The molecule has 0 bridgehead atoms. The van der Waals surface area contributed by atoms with Crippen LogP contribution in [0, 0.1) is 0 Å². The molecule has 0 fully saturated rings. The lowest BCUT2D eigenvalue weighted by atomic mass is 10.1. The van der Waals surface area contributed by atoms with Gasteiger partial charge in [0.2, 0.25) is 0 Å². The van der Waals surface area contributed by atoms with Crippen LogP contribution >= 0.6 is 0 Å². The zero-order chi connectivity index (χ0) is 12.8. The van der Waals surface area contributed by atoms with E-state index < -0.39 is 6.09 Å². The molecule has 5 N–H and O–H groups in total. The number of hydrogen-bond donors (Lipinski definition) is 3. The molecule has 0 aliphatic rings. The number of carbonyl (C=O) groups is 1. The lowest BCUT2D eigenvalue weighted by Gasteiger charge is -2.03. The number of unbranched alkanes of at least 4 members (excludes halogenated alkanes) is 6. The normalized spacial score (nSPS) is 11.4. The minimum Gasteiger partial charge on any atom is -0.465 e. The van der Waals surface area contributed by atoms with Gasteiger partial charge >= 0.3 is 6.09 Å². The SMILES string of the molecule is CCCCCCCCCC(C)N.NC(=O)O. The van der Waals surface area contributed by atoms with Gasteiger partial charge in [0.1, 0.15) is 0 Å². The van der Waals surface area contributed by atoms with E-state index in [1.807, 2.05) is 0 Å². The van der Waals surface area contributed by atoms with Crippen molar-refractivity contribution >= 4 is 6.09 Å². The van der Waals surface area contributed by atoms with E-state index in [1.54, 1.807) is 0 Å².